The van der Waals surface area contributed by atoms with Crippen molar-refractivity contribution in [3.05, 3.63) is 103 Å². The monoisotopic (exact) mass is 566 g/mol. The van der Waals surface area contributed by atoms with Crippen LogP contribution in [0.1, 0.15) is 5.56 Å². The SMILES string of the molecule is Cc1cc(N=Nc2ccc(N=Nc3ccc(O)cc3O)c3ccc(S(=O)(=O)O)cc23)ccc1N=Nc1ccccc1. The van der Waals surface area contributed by atoms with Gasteiger partial charge in [-0.15, -0.1) is 15.3 Å². The van der Waals surface area contributed by atoms with Gasteiger partial charge in [0.2, 0.25) is 0 Å². The molecule has 5 rings (SSSR count). The third-order valence-electron chi connectivity index (χ3n) is 5.95. The molecule has 0 aliphatic heterocycles. The van der Waals surface area contributed by atoms with E-state index in [1.54, 1.807) is 30.3 Å². The highest BCUT2D eigenvalue weighted by molar-refractivity contribution is 7.85. The summed E-state index contributed by atoms with van der Waals surface area (Å²) in [5, 5.41) is 45.7. The van der Waals surface area contributed by atoms with Gasteiger partial charge in [-0.05, 0) is 79.2 Å². The van der Waals surface area contributed by atoms with Gasteiger partial charge in [0.25, 0.3) is 10.1 Å². The van der Waals surface area contributed by atoms with Crippen molar-refractivity contribution < 1.29 is 23.2 Å². The number of nitrogens with zero attached hydrogens (tertiary/aromatic N) is 6. The van der Waals surface area contributed by atoms with Crippen molar-refractivity contribution in [2.24, 2.45) is 30.7 Å². The molecule has 0 unspecified atom stereocenters. The summed E-state index contributed by atoms with van der Waals surface area (Å²) in [5.74, 6) is -0.388. The highest BCUT2D eigenvalue weighted by Gasteiger charge is 2.14. The van der Waals surface area contributed by atoms with Crippen molar-refractivity contribution in [2.45, 2.75) is 11.8 Å². The van der Waals surface area contributed by atoms with Crippen LogP contribution in [0.2, 0.25) is 0 Å². The third-order valence-corrected chi connectivity index (χ3v) is 6.80. The minimum Gasteiger partial charge on any atom is -0.508 e. The maximum Gasteiger partial charge on any atom is 0.294 e. The van der Waals surface area contributed by atoms with E-state index in [0.29, 0.717) is 33.5 Å². The van der Waals surface area contributed by atoms with Gasteiger partial charge >= 0.3 is 0 Å². The number of azo groups is 3. The summed E-state index contributed by atoms with van der Waals surface area (Å²) in [6.07, 6.45) is 0. The van der Waals surface area contributed by atoms with E-state index in [2.05, 4.69) is 30.7 Å². The summed E-state index contributed by atoms with van der Waals surface area (Å²) in [6.45, 7) is 1.87. The number of aryl methyl sites for hydroxylation is 1. The van der Waals surface area contributed by atoms with Gasteiger partial charge in [-0.25, -0.2) is 0 Å². The van der Waals surface area contributed by atoms with Crippen molar-refractivity contribution >= 4 is 55.0 Å². The summed E-state index contributed by atoms with van der Waals surface area (Å²) in [6, 6.07) is 25.7. The first-order valence-corrected chi connectivity index (χ1v) is 13.6. The molecule has 0 heterocycles. The molecule has 12 heteroatoms. The smallest absolute Gasteiger partial charge is 0.294 e. The summed E-state index contributed by atoms with van der Waals surface area (Å²) in [5.41, 5.74) is 3.55. The number of fused-ring (bicyclic) bond motifs is 1. The van der Waals surface area contributed by atoms with Crippen molar-refractivity contribution in [1.29, 1.82) is 0 Å². The fourth-order valence-electron chi connectivity index (χ4n) is 3.87. The minimum absolute atomic E-state index is 0.122. The van der Waals surface area contributed by atoms with Crippen LogP contribution in [0.3, 0.4) is 0 Å². The number of phenolic OH excluding ortho intramolecular Hbond substituents is 2. The predicted octanol–water partition coefficient (Wildman–Crippen LogP) is 9.05. The lowest BCUT2D eigenvalue weighted by atomic mass is 10.1. The quantitative estimate of drug-likeness (QED) is 0.132. The highest BCUT2D eigenvalue weighted by atomic mass is 32.2. The number of hydrogen-bond donors (Lipinski definition) is 3. The van der Waals surface area contributed by atoms with E-state index in [4.69, 9.17) is 0 Å². The molecule has 0 spiro atoms. The van der Waals surface area contributed by atoms with E-state index >= 15 is 0 Å². The molecular weight excluding hydrogens is 544 g/mol. The van der Waals surface area contributed by atoms with Crippen LogP contribution in [0.25, 0.3) is 10.8 Å². The molecule has 0 amide bonds. The number of aromatic hydroxyl groups is 2. The second kappa shape index (κ2) is 11.4. The Hall–Kier alpha value is -5.33. The van der Waals surface area contributed by atoms with Crippen LogP contribution in [0.5, 0.6) is 11.5 Å². The van der Waals surface area contributed by atoms with Crippen LogP contribution in [0.4, 0.5) is 34.1 Å². The van der Waals surface area contributed by atoms with Crippen molar-refractivity contribution in [1.82, 2.24) is 0 Å². The summed E-state index contributed by atoms with van der Waals surface area (Å²) < 4.78 is 33.3. The molecule has 5 aromatic rings. The predicted molar refractivity (Wildman–Crippen MR) is 154 cm³/mol. The molecule has 0 aromatic heterocycles. The first-order valence-electron chi connectivity index (χ1n) is 12.1. The third kappa shape index (κ3) is 6.46. The van der Waals surface area contributed by atoms with Gasteiger partial charge in [-0.2, -0.15) is 23.8 Å². The first kappa shape index (κ1) is 27.2. The Morgan fingerprint density at radius 1 is 0.561 bits per heavy atom. The van der Waals surface area contributed by atoms with E-state index in [1.165, 1.54) is 30.3 Å². The van der Waals surface area contributed by atoms with Crippen LogP contribution in [0, 0.1) is 6.92 Å². The lowest BCUT2D eigenvalue weighted by Crippen LogP contribution is -1.97. The molecule has 0 aliphatic rings. The van der Waals surface area contributed by atoms with Crippen molar-refractivity contribution in [3.63, 3.8) is 0 Å². The fourth-order valence-corrected chi connectivity index (χ4v) is 4.37. The van der Waals surface area contributed by atoms with Crippen LogP contribution in [-0.2, 0) is 10.1 Å². The normalized spacial score (nSPS) is 12.2. The molecule has 0 bridgehead atoms. The highest BCUT2D eigenvalue weighted by Crippen LogP contribution is 2.38. The van der Waals surface area contributed by atoms with Crippen LogP contribution in [0.15, 0.2) is 133 Å². The van der Waals surface area contributed by atoms with Crippen molar-refractivity contribution in [2.75, 3.05) is 0 Å². The zero-order valence-electron chi connectivity index (χ0n) is 21.5. The van der Waals surface area contributed by atoms with Crippen molar-refractivity contribution in [3.8, 4) is 11.5 Å². The first-order chi connectivity index (χ1) is 19.7. The second-order valence-electron chi connectivity index (χ2n) is 8.87. The van der Waals surface area contributed by atoms with E-state index in [0.717, 1.165) is 17.3 Å². The number of benzene rings is 5. The maximum atomic E-state index is 11.8. The molecule has 3 N–H and O–H groups in total. The maximum absolute atomic E-state index is 11.8. The summed E-state index contributed by atoms with van der Waals surface area (Å²) in [7, 11) is -4.49. The molecular formula is C29H22N6O5S. The van der Waals surface area contributed by atoms with Gasteiger partial charge in [0.15, 0.2) is 0 Å². The lowest BCUT2D eigenvalue weighted by Gasteiger charge is -2.07. The van der Waals surface area contributed by atoms with Crippen LogP contribution < -0.4 is 0 Å². The fraction of sp³-hybridized carbons (Fsp3) is 0.0345. The molecule has 5 aromatic carbocycles. The van der Waals surface area contributed by atoms with Gasteiger partial charge in [0, 0.05) is 16.8 Å². The standard InChI is InChI=1S/C29H22N6O5S/c1-18-15-20(7-11-25(18)32-30-19-5-3-2-4-6-19)31-33-27-14-13-26(34-35-28-12-8-21(36)16-29(28)37)23-10-9-22(17-24(23)27)41(38,39)40/h2-17,36-37H,1H3,(H,38,39,40). The Labute approximate surface area is 234 Å². The molecule has 204 valence electrons. The molecule has 11 nitrogen and oxygen atoms in total. The Morgan fingerprint density at radius 2 is 1.17 bits per heavy atom. The zero-order chi connectivity index (χ0) is 29.0. The Balaban J connectivity index is 1.49. The zero-order valence-corrected chi connectivity index (χ0v) is 22.3. The number of hydrogen-bond acceptors (Lipinski definition) is 10. The molecule has 41 heavy (non-hydrogen) atoms. The average Bonchev–Trinajstić information content (AvgIpc) is 2.95. The molecule has 0 saturated carbocycles. The van der Waals surface area contributed by atoms with E-state index in [1.807, 2.05) is 37.3 Å². The van der Waals surface area contributed by atoms with Crippen LogP contribution >= 0.6 is 0 Å². The number of phenols is 2. The summed E-state index contributed by atoms with van der Waals surface area (Å²) >= 11 is 0. The topological polar surface area (TPSA) is 169 Å². The second-order valence-corrected chi connectivity index (χ2v) is 10.3. The Morgan fingerprint density at radius 3 is 1.88 bits per heavy atom. The Kier molecular flexibility index (Phi) is 7.59. The molecule has 0 radical (unpaired) electrons. The summed E-state index contributed by atoms with van der Waals surface area (Å²) in [4.78, 5) is -0.323. The molecule has 0 saturated heterocycles. The minimum atomic E-state index is -4.49. The lowest BCUT2D eigenvalue weighted by molar-refractivity contribution is 0.451. The molecule has 0 fully saturated rings. The van der Waals surface area contributed by atoms with E-state index < -0.39 is 10.1 Å². The molecule has 0 atom stereocenters. The Bertz CT molecular complexity index is 1960. The van der Waals surface area contributed by atoms with E-state index in [9.17, 15) is 23.2 Å². The van der Waals surface area contributed by atoms with Gasteiger partial charge in [-0.3, -0.25) is 4.55 Å². The number of rotatable bonds is 7. The average molecular weight is 567 g/mol. The van der Waals surface area contributed by atoms with Gasteiger partial charge in [0.1, 0.15) is 17.2 Å². The van der Waals surface area contributed by atoms with E-state index in [-0.39, 0.29) is 22.1 Å². The largest absolute Gasteiger partial charge is 0.508 e. The van der Waals surface area contributed by atoms with Gasteiger partial charge < -0.3 is 10.2 Å². The van der Waals surface area contributed by atoms with Gasteiger partial charge in [-0.1, -0.05) is 24.3 Å². The molecule has 0 aliphatic carbocycles. The van der Waals surface area contributed by atoms with Gasteiger partial charge in [0.05, 0.1) is 33.3 Å². The van der Waals surface area contributed by atoms with Crippen LogP contribution in [-0.4, -0.2) is 23.2 Å².